The Morgan fingerprint density at radius 3 is 2.37 bits per heavy atom. The fourth-order valence-corrected chi connectivity index (χ4v) is 3.44. The molecule has 2 aliphatic heterocycles. The number of carbonyl (C=O) groups is 2. The highest BCUT2D eigenvalue weighted by atomic mass is 16.5. The molecule has 0 saturated carbocycles. The van der Waals surface area contributed by atoms with Crippen LogP contribution in [0.3, 0.4) is 0 Å². The average molecular weight is 367 g/mol. The van der Waals surface area contributed by atoms with Gasteiger partial charge in [-0.25, -0.2) is 9.59 Å². The molecule has 0 bridgehead atoms. The number of esters is 1. The summed E-state index contributed by atoms with van der Waals surface area (Å²) in [7, 11) is 1.35. The predicted molar refractivity (Wildman–Crippen MR) is 100 cm³/mol. The minimum Gasteiger partial charge on any atom is -0.465 e. The molecule has 4 rings (SSSR count). The van der Waals surface area contributed by atoms with Gasteiger partial charge in [-0.2, -0.15) is 0 Å². The molecule has 2 aromatic carbocycles. The number of carbonyl (C=O) groups excluding carboxylic acids is 2. The molecule has 2 fully saturated rings. The number of methoxy groups -OCH3 is 1. The van der Waals surface area contributed by atoms with Crippen LogP contribution in [-0.4, -0.2) is 56.2 Å². The fraction of sp³-hybridized carbons (Fsp3) is 0.300. The van der Waals surface area contributed by atoms with Crippen LogP contribution in [0.4, 0.5) is 10.5 Å². The number of piperazine rings is 1. The summed E-state index contributed by atoms with van der Waals surface area (Å²) in [5.74, 6) is 0.902. The van der Waals surface area contributed by atoms with Crippen molar-refractivity contribution in [1.29, 1.82) is 0 Å². The van der Waals surface area contributed by atoms with Crippen molar-refractivity contribution in [2.75, 3.05) is 38.2 Å². The van der Waals surface area contributed by atoms with Crippen molar-refractivity contribution in [3.05, 3.63) is 54.1 Å². The van der Waals surface area contributed by atoms with Crippen molar-refractivity contribution in [3.8, 4) is 11.5 Å². The molecule has 27 heavy (non-hydrogen) atoms. The predicted octanol–water partition coefficient (Wildman–Crippen LogP) is 2.48. The highest BCUT2D eigenvalue weighted by molar-refractivity contribution is 5.94. The van der Waals surface area contributed by atoms with Gasteiger partial charge in [0, 0.05) is 31.9 Å². The van der Waals surface area contributed by atoms with Crippen LogP contribution in [0.15, 0.2) is 48.5 Å². The van der Waals surface area contributed by atoms with Crippen molar-refractivity contribution >= 4 is 17.7 Å². The minimum absolute atomic E-state index is 0.0635. The lowest BCUT2D eigenvalue weighted by molar-refractivity contribution is 0.0600. The van der Waals surface area contributed by atoms with E-state index in [0.29, 0.717) is 23.6 Å². The maximum atomic E-state index is 12.6. The van der Waals surface area contributed by atoms with Gasteiger partial charge in [0.2, 0.25) is 0 Å². The number of rotatable bonds is 4. The molecule has 0 unspecified atom stereocenters. The molecular weight excluding hydrogens is 346 g/mol. The fourth-order valence-electron chi connectivity index (χ4n) is 3.44. The number of ether oxygens (including phenoxy) is 2. The second-order valence-corrected chi connectivity index (χ2v) is 6.56. The first-order valence-electron chi connectivity index (χ1n) is 8.91. The Labute approximate surface area is 157 Å². The van der Waals surface area contributed by atoms with E-state index < -0.39 is 0 Å². The smallest absolute Gasteiger partial charge is 0.337 e. The van der Waals surface area contributed by atoms with Crippen LogP contribution in [-0.2, 0) is 4.74 Å². The molecule has 2 amide bonds. The molecule has 7 heteroatoms. The number of fused-ring (bicyclic) bond motifs is 1. The number of nitrogens with zero attached hydrogens (tertiary/aromatic N) is 2. The van der Waals surface area contributed by atoms with Crippen LogP contribution in [0, 0.1) is 0 Å². The number of benzene rings is 2. The Morgan fingerprint density at radius 1 is 1.07 bits per heavy atom. The Morgan fingerprint density at radius 2 is 1.74 bits per heavy atom. The van der Waals surface area contributed by atoms with E-state index in [1.807, 2.05) is 34.1 Å². The molecule has 2 aliphatic rings. The zero-order valence-corrected chi connectivity index (χ0v) is 15.1. The third-order valence-electron chi connectivity index (χ3n) is 4.88. The summed E-state index contributed by atoms with van der Waals surface area (Å²) in [4.78, 5) is 27.8. The summed E-state index contributed by atoms with van der Waals surface area (Å²) in [6, 6.07) is 14.5. The largest absolute Gasteiger partial charge is 0.465 e. The maximum absolute atomic E-state index is 12.6. The molecule has 0 radical (unpaired) electrons. The van der Waals surface area contributed by atoms with E-state index in [9.17, 15) is 9.59 Å². The molecular formula is C20H21N3O4. The average Bonchev–Trinajstić information content (AvgIpc) is 3.05. The third-order valence-corrected chi connectivity index (χ3v) is 4.88. The Balaban J connectivity index is 1.43. The molecule has 0 aromatic heterocycles. The molecule has 2 heterocycles. The second kappa shape index (κ2) is 7.28. The van der Waals surface area contributed by atoms with Crippen molar-refractivity contribution in [3.63, 3.8) is 0 Å². The lowest BCUT2D eigenvalue weighted by atomic mass is 10.2. The van der Waals surface area contributed by atoms with E-state index in [2.05, 4.69) is 10.1 Å². The van der Waals surface area contributed by atoms with Gasteiger partial charge in [0.15, 0.2) is 0 Å². The lowest BCUT2D eigenvalue weighted by Crippen LogP contribution is -2.49. The Bertz CT molecular complexity index is 835. The van der Waals surface area contributed by atoms with Crippen molar-refractivity contribution < 1.29 is 19.1 Å². The van der Waals surface area contributed by atoms with Crippen LogP contribution < -0.4 is 15.0 Å². The number of hydrogen-bond donors (Lipinski definition) is 1. The number of amides is 2. The van der Waals surface area contributed by atoms with Crippen LogP contribution in [0.25, 0.3) is 0 Å². The van der Waals surface area contributed by atoms with E-state index in [-0.39, 0.29) is 18.0 Å². The Kier molecular flexibility index (Phi) is 4.68. The zero-order valence-electron chi connectivity index (χ0n) is 15.1. The summed E-state index contributed by atoms with van der Waals surface area (Å²) in [6.45, 7) is 3.13. The van der Waals surface area contributed by atoms with Gasteiger partial charge in [0.25, 0.3) is 0 Å². The SMILES string of the molecule is COC(=O)c1ccc(Oc2ccc(N3C[C@@H]4CNCCN4C3=O)cc2)cc1. The van der Waals surface area contributed by atoms with Gasteiger partial charge in [-0.3, -0.25) is 4.90 Å². The monoisotopic (exact) mass is 367 g/mol. The first kappa shape index (κ1) is 17.4. The van der Waals surface area contributed by atoms with Crippen molar-refractivity contribution in [2.24, 2.45) is 0 Å². The topological polar surface area (TPSA) is 71.1 Å². The molecule has 140 valence electrons. The number of urea groups is 1. The first-order valence-corrected chi connectivity index (χ1v) is 8.91. The number of anilines is 1. The third kappa shape index (κ3) is 3.46. The second-order valence-electron chi connectivity index (χ2n) is 6.56. The zero-order chi connectivity index (χ0) is 18.8. The van der Waals surface area contributed by atoms with Crippen LogP contribution in [0.5, 0.6) is 11.5 Å². The number of nitrogens with one attached hydrogen (secondary N) is 1. The molecule has 1 N–H and O–H groups in total. The summed E-state index contributed by atoms with van der Waals surface area (Å²) in [6.07, 6.45) is 0. The molecule has 2 saturated heterocycles. The normalized spacial score (nSPS) is 19.0. The van der Waals surface area contributed by atoms with E-state index in [1.165, 1.54) is 7.11 Å². The molecule has 1 atom stereocenters. The molecule has 0 aliphatic carbocycles. The van der Waals surface area contributed by atoms with Gasteiger partial charge < -0.3 is 19.7 Å². The summed E-state index contributed by atoms with van der Waals surface area (Å²) < 4.78 is 10.5. The Hall–Kier alpha value is -3.06. The number of hydrogen-bond acceptors (Lipinski definition) is 5. The van der Waals surface area contributed by atoms with Gasteiger partial charge in [-0.15, -0.1) is 0 Å². The maximum Gasteiger partial charge on any atom is 0.337 e. The first-order chi connectivity index (χ1) is 13.2. The highest BCUT2D eigenvalue weighted by Crippen LogP contribution is 2.28. The van der Waals surface area contributed by atoms with Crippen molar-refractivity contribution in [2.45, 2.75) is 6.04 Å². The quantitative estimate of drug-likeness (QED) is 0.841. The summed E-state index contributed by atoms with van der Waals surface area (Å²) in [5, 5.41) is 3.33. The van der Waals surface area contributed by atoms with E-state index in [1.54, 1.807) is 24.3 Å². The molecule has 7 nitrogen and oxygen atoms in total. The van der Waals surface area contributed by atoms with Gasteiger partial charge in [-0.05, 0) is 48.5 Å². The van der Waals surface area contributed by atoms with Gasteiger partial charge in [0.05, 0.1) is 18.7 Å². The van der Waals surface area contributed by atoms with Gasteiger partial charge >= 0.3 is 12.0 Å². The van der Waals surface area contributed by atoms with Crippen molar-refractivity contribution in [1.82, 2.24) is 10.2 Å². The van der Waals surface area contributed by atoms with Gasteiger partial charge in [0.1, 0.15) is 11.5 Å². The highest BCUT2D eigenvalue weighted by Gasteiger charge is 2.38. The minimum atomic E-state index is -0.382. The lowest BCUT2D eigenvalue weighted by Gasteiger charge is -2.28. The van der Waals surface area contributed by atoms with Crippen LogP contribution in [0.2, 0.25) is 0 Å². The summed E-state index contributed by atoms with van der Waals surface area (Å²) >= 11 is 0. The van der Waals surface area contributed by atoms with Crippen LogP contribution >= 0.6 is 0 Å². The van der Waals surface area contributed by atoms with Gasteiger partial charge in [-0.1, -0.05) is 0 Å². The molecule has 0 spiro atoms. The standard InChI is InChI=1S/C20H21N3O4/c1-26-19(24)14-2-6-17(7-3-14)27-18-8-4-15(5-9-18)23-13-16-12-21-10-11-22(16)20(23)25/h2-9,16,21H,10-13H2,1H3/t16-/m0/s1. The molecule has 2 aromatic rings. The van der Waals surface area contributed by atoms with Crippen LogP contribution in [0.1, 0.15) is 10.4 Å². The van der Waals surface area contributed by atoms with E-state index >= 15 is 0 Å². The van der Waals surface area contributed by atoms with E-state index in [0.717, 1.165) is 25.3 Å². The van der Waals surface area contributed by atoms with E-state index in [4.69, 9.17) is 4.74 Å². The summed E-state index contributed by atoms with van der Waals surface area (Å²) in [5.41, 5.74) is 1.33.